The number of hydrogen-bond donors (Lipinski definition) is 1. The topological polar surface area (TPSA) is 43.8 Å². The number of hydrogen-bond acceptors (Lipinski definition) is 2. The fourth-order valence-corrected chi connectivity index (χ4v) is 2.41. The van der Waals surface area contributed by atoms with Crippen LogP contribution >= 0.6 is 15.9 Å². The Morgan fingerprint density at radius 1 is 0.947 bits per heavy atom. The largest absolute Gasteiger partial charge is 0.384 e. The van der Waals surface area contributed by atoms with Crippen molar-refractivity contribution in [3.8, 4) is 16.9 Å². The first-order valence-electron chi connectivity index (χ1n) is 5.91. The molecule has 0 atom stereocenters. The molecule has 0 saturated carbocycles. The van der Waals surface area contributed by atoms with E-state index in [4.69, 9.17) is 5.73 Å². The summed E-state index contributed by atoms with van der Waals surface area (Å²) in [4.78, 5) is 0. The summed E-state index contributed by atoms with van der Waals surface area (Å²) in [7, 11) is 0. The fourth-order valence-electron chi connectivity index (χ4n) is 1.96. The van der Waals surface area contributed by atoms with Crippen molar-refractivity contribution in [2.24, 2.45) is 0 Å². The van der Waals surface area contributed by atoms with Crippen LogP contribution in [0, 0.1) is 0 Å². The Morgan fingerprint density at radius 3 is 2.37 bits per heavy atom. The van der Waals surface area contributed by atoms with Gasteiger partial charge >= 0.3 is 0 Å². The summed E-state index contributed by atoms with van der Waals surface area (Å²) in [5.74, 6) is 0.616. The number of nitrogens with zero attached hydrogens (tertiary/aromatic N) is 2. The van der Waals surface area contributed by atoms with Gasteiger partial charge in [0.2, 0.25) is 0 Å². The molecular weight excluding hydrogens is 302 g/mol. The SMILES string of the molecule is Nc1cc(-c2ccccc2)nn1-c1ccccc1Br. The van der Waals surface area contributed by atoms with Gasteiger partial charge < -0.3 is 5.73 Å². The second kappa shape index (κ2) is 4.90. The first-order valence-corrected chi connectivity index (χ1v) is 6.71. The molecule has 0 spiro atoms. The third kappa shape index (κ3) is 2.27. The Morgan fingerprint density at radius 2 is 1.63 bits per heavy atom. The van der Waals surface area contributed by atoms with Crippen molar-refractivity contribution >= 4 is 21.7 Å². The van der Waals surface area contributed by atoms with Gasteiger partial charge in [0, 0.05) is 16.1 Å². The Labute approximate surface area is 119 Å². The van der Waals surface area contributed by atoms with Crippen LogP contribution in [0.5, 0.6) is 0 Å². The normalized spacial score (nSPS) is 10.6. The highest BCUT2D eigenvalue weighted by atomic mass is 79.9. The lowest BCUT2D eigenvalue weighted by Crippen LogP contribution is -2.02. The highest BCUT2D eigenvalue weighted by Gasteiger charge is 2.10. The van der Waals surface area contributed by atoms with Crippen molar-refractivity contribution < 1.29 is 0 Å². The van der Waals surface area contributed by atoms with Crippen LogP contribution < -0.4 is 5.73 Å². The molecule has 3 nitrogen and oxygen atoms in total. The summed E-state index contributed by atoms with van der Waals surface area (Å²) in [6, 6.07) is 19.8. The smallest absolute Gasteiger partial charge is 0.127 e. The standard InChI is InChI=1S/C15H12BrN3/c16-12-8-4-5-9-14(12)19-15(17)10-13(18-19)11-6-2-1-3-7-11/h1-10H,17H2. The molecular formula is C15H12BrN3. The van der Waals surface area contributed by atoms with Gasteiger partial charge in [-0.2, -0.15) is 5.10 Å². The average Bonchev–Trinajstić information content (AvgIpc) is 2.82. The predicted molar refractivity (Wildman–Crippen MR) is 81.1 cm³/mol. The van der Waals surface area contributed by atoms with Crippen LogP contribution in [0.4, 0.5) is 5.82 Å². The van der Waals surface area contributed by atoms with Crippen molar-refractivity contribution in [1.82, 2.24) is 9.78 Å². The van der Waals surface area contributed by atoms with Gasteiger partial charge in [0.1, 0.15) is 5.82 Å². The molecule has 3 aromatic rings. The maximum absolute atomic E-state index is 6.06. The maximum Gasteiger partial charge on any atom is 0.127 e. The Balaban J connectivity index is 2.11. The van der Waals surface area contributed by atoms with E-state index in [1.54, 1.807) is 4.68 Å². The quantitative estimate of drug-likeness (QED) is 0.780. The molecule has 0 amide bonds. The number of nitrogen functional groups attached to an aromatic ring is 1. The summed E-state index contributed by atoms with van der Waals surface area (Å²) < 4.78 is 2.70. The highest BCUT2D eigenvalue weighted by molar-refractivity contribution is 9.10. The second-order valence-corrected chi connectivity index (χ2v) is 5.04. The molecule has 0 unspecified atom stereocenters. The number of aromatic nitrogens is 2. The van der Waals surface area contributed by atoms with Gasteiger partial charge in [-0.15, -0.1) is 0 Å². The average molecular weight is 314 g/mol. The molecule has 1 aromatic heterocycles. The van der Waals surface area contributed by atoms with Crippen molar-refractivity contribution in [3.63, 3.8) is 0 Å². The van der Waals surface area contributed by atoms with E-state index < -0.39 is 0 Å². The molecule has 2 N–H and O–H groups in total. The minimum Gasteiger partial charge on any atom is -0.384 e. The molecule has 0 saturated heterocycles. The minimum atomic E-state index is 0.616. The van der Waals surface area contributed by atoms with Gasteiger partial charge in [0.25, 0.3) is 0 Å². The molecule has 4 heteroatoms. The van der Waals surface area contributed by atoms with E-state index in [1.807, 2.05) is 60.7 Å². The fraction of sp³-hybridized carbons (Fsp3) is 0. The first kappa shape index (κ1) is 12.0. The summed E-state index contributed by atoms with van der Waals surface area (Å²) in [6.07, 6.45) is 0. The molecule has 0 radical (unpaired) electrons. The lowest BCUT2D eigenvalue weighted by atomic mass is 10.2. The molecule has 0 aliphatic carbocycles. The van der Waals surface area contributed by atoms with Crippen molar-refractivity contribution in [2.75, 3.05) is 5.73 Å². The van der Waals surface area contributed by atoms with Gasteiger partial charge in [-0.25, -0.2) is 4.68 Å². The van der Waals surface area contributed by atoms with Gasteiger partial charge in [0.05, 0.1) is 11.4 Å². The van der Waals surface area contributed by atoms with Crippen molar-refractivity contribution in [1.29, 1.82) is 0 Å². The molecule has 0 bridgehead atoms. The molecule has 0 aliphatic rings. The number of anilines is 1. The van der Waals surface area contributed by atoms with Gasteiger partial charge in [-0.05, 0) is 28.1 Å². The maximum atomic E-state index is 6.06. The number of halogens is 1. The van der Waals surface area contributed by atoms with Gasteiger partial charge in [0.15, 0.2) is 0 Å². The minimum absolute atomic E-state index is 0.616. The molecule has 0 fully saturated rings. The van der Waals surface area contributed by atoms with Crippen LogP contribution in [0.2, 0.25) is 0 Å². The van der Waals surface area contributed by atoms with Gasteiger partial charge in [-0.1, -0.05) is 42.5 Å². The van der Waals surface area contributed by atoms with Crippen LogP contribution in [-0.2, 0) is 0 Å². The van der Waals surface area contributed by atoms with Crippen LogP contribution in [0.1, 0.15) is 0 Å². The van der Waals surface area contributed by atoms with E-state index in [-0.39, 0.29) is 0 Å². The number of benzene rings is 2. The third-order valence-corrected chi connectivity index (χ3v) is 3.56. The van der Waals surface area contributed by atoms with Gasteiger partial charge in [-0.3, -0.25) is 0 Å². The Kier molecular flexibility index (Phi) is 3.09. The van der Waals surface area contributed by atoms with Crippen molar-refractivity contribution in [3.05, 3.63) is 65.1 Å². The number of nitrogens with two attached hydrogens (primary N) is 1. The molecule has 1 heterocycles. The van der Waals surface area contributed by atoms with Crippen LogP contribution in [0.15, 0.2) is 65.1 Å². The lowest BCUT2D eigenvalue weighted by molar-refractivity contribution is 0.891. The lowest BCUT2D eigenvalue weighted by Gasteiger charge is -2.05. The van der Waals surface area contributed by atoms with E-state index in [0.717, 1.165) is 21.4 Å². The molecule has 0 aliphatic heterocycles. The zero-order valence-electron chi connectivity index (χ0n) is 10.1. The zero-order valence-corrected chi connectivity index (χ0v) is 11.7. The molecule has 94 valence electrons. The first-order chi connectivity index (χ1) is 9.25. The monoisotopic (exact) mass is 313 g/mol. The summed E-state index contributed by atoms with van der Waals surface area (Å²) in [5, 5.41) is 4.57. The number of rotatable bonds is 2. The number of para-hydroxylation sites is 1. The third-order valence-electron chi connectivity index (χ3n) is 2.89. The summed E-state index contributed by atoms with van der Waals surface area (Å²) in [5.41, 5.74) is 8.92. The van der Waals surface area contributed by atoms with E-state index in [0.29, 0.717) is 5.82 Å². The van der Waals surface area contributed by atoms with Crippen LogP contribution in [0.3, 0.4) is 0 Å². The van der Waals surface area contributed by atoms with E-state index in [9.17, 15) is 0 Å². The molecule has 3 rings (SSSR count). The predicted octanol–water partition coefficient (Wildman–Crippen LogP) is 3.88. The van der Waals surface area contributed by atoms with Crippen LogP contribution in [-0.4, -0.2) is 9.78 Å². The van der Waals surface area contributed by atoms with E-state index in [2.05, 4.69) is 21.0 Å². The van der Waals surface area contributed by atoms with Crippen molar-refractivity contribution in [2.45, 2.75) is 0 Å². The zero-order chi connectivity index (χ0) is 13.2. The summed E-state index contributed by atoms with van der Waals surface area (Å²) in [6.45, 7) is 0. The van der Waals surface area contributed by atoms with E-state index in [1.165, 1.54) is 0 Å². The molecule has 19 heavy (non-hydrogen) atoms. The second-order valence-electron chi connectivity index (χ2n) is 4.18. The highest BCUT2D eigenvalue weighted by Crippen LogP contribution is 2.26. The molecule has 2 aromatic carbocycles. The summed E-state index contributed by atoms with van der Waals surface area (Å²) >= 11 is 3.52. The van der Waals surface area contributed by atoms with Crippen LogP contribution in [0.25, 0.3) is 16.9 Å². The Bertz CT molecular complexity index is 704. The van der Waals surface area contributed by atoms with E-state index >= 15 is 0 Å². The Hall–Kier alpha value is -2.07.